The van der Waals surface area contributed by atoms with Crippen LogP contribution in [0.5, 0.6) is 11.5 Å². The Morgan fingerprint density at radius 3 is 2.65 bits per heavy atom. The van der Waals surface area contributed by atoms with Gasteiger partial charge in [0.15, 0.2) is 5.96 Å². The van der Waals surface area contributed by atoms with Gasteiger partial charge in [0.1, 0.15) is 11.5 Å². The predicted octanol–water partition coefficient (Wildman–Crippen LogP) is 2.96. The van der Waals surface area contributed by atoms with Crippen LogP contribution in [-0.2, 0) is 0 Å². The summed E-state index contributed by atoms with van der Waals surface area (Å²) in [7, 11) is 3.32. The predicted molar refractivity (Wildman–Crippen MR) is 125 cm³/mol. The van der Waals surface area contributed by atoms with Gasteiger partial charge in [0, 0.05) is 37.4 Å². The molecule has 0 aromatic heterocycles. The van der Waals surface area contributed by atoms with E-state index in [4.69, 9.17) is 9.47 Å². The Balaban J connectivity index is 1.61. The van der Waals surface area contributed by atoms with Crippen molar-refractivity contribution >= 4 is 11.6 Å². The van der Waals surface area contributed by atoms with Gasteiger partial charge in [-0.3, -0.25) is 4.99 Å². The number of nitrogens with zero attached hydrogens (tertiary/aromatic N) is 2. The molecule has 1 aliphatic heterocycles. The van der Waals surface area contributed by atoms with E-state index in [0.717, 1.165) is 55.5 Å². The molecule has 2 atom stereocenters. The zero-order chi connectivity index (χ0) is 22.1. The van der Waals surface area contributed by atoms with E-state index < -0.39 is 6.10 Å². The number of aliphatic hydroxyl groups is 1. The number of piperidine rings is 1. The Bertz CT molecular complexity index is 841. The number of anilines is 1. The van der Waals surface area contributed by atoms with E-state index in [-0.39, 0.29) is 12.6 Å². The van der Waals surface area contributed by atoms with Crippen LogP contribution in [0.25, 0.3) is 0 Å². The topological polar surface area (TPSA) is 78.4 Å². The highest BCUT2D eigenvalue weighted by Crippen LogP contribution is 2.24. The molecular weight excluding hydrogens is 392 g/mol. The van der Waals surface area contributed by atoms with E-state index in [0.29, 0.717) is 0 Å². The number of methoxy groups -OCH3 is 2. The molecule has 2 aromatic rings. The number of ether oxygens (including phenoxy) is 2. The average Bonchev–Trinajstić information content (AvgIpc) is 2.82. The third-order valence-corrected chi connectivity index (χ3v) is 5.45. The van der Waals surface area contributed by atoms with Crippen LogP contribution in [-0.4, -0.2) is 57.5 Å². The zero-order valence-corrected chi connectivity index (χ0v) is 18.7. The smallest absolute Gasteiger partial charge is 0.191 e. The molecule has 1 aliphatic rings. The standard InChI is InChI=1S/C24H34N4O3/c1-4-25-24(26-16-23(29)18-10-12-21(30-2)13-11-18)27-19-7-6-14-28(17-19)20-8-5-9-22(15-20)31-3/h5,8-13,15,19,23,29H,4,6-7,14,16-17H2,1-3H3,(H2,25,26,27). The Morgan fingerprint density at radius 1 is 1.16 bits per heavy atom. The van der Waals surface area contributed by atoms with Crippen molar-refractivity contribution in [1.82, 2.24) is 10.6 Å². The molecule has 0 amide bonds. The van der Waals surface area contributed by atoms with Crippen molar-refractivity contribution in [1.29, 1.82) is 0 Å². The van der Waals surface area contributed by atoms with Gasteiger partial charge in [0.05, 0.1) is 26.9 Å². The second-order valence-electron chi connectivity index (χ2n) is 7.64. The monoisotopic (exact) mass is 426 g/mol. The number of aliphatic hydroxyl groups excluding tert-OH is 1. The van der Waals surface area contributed by atoms with Crippen molar-refractivity contribution < 1.29 is 14.6 Å². The van der Waals surface area contributed by atoms with Crippen LogP contribution in [0.1, 0.15) is 31.4 Å². The number of benzene rings is 2. The summed E-state index contributed by atoms with van der Waals surface area (Å²) in [6, 6.07) is 15.9. The molecule has 0 bridgehead atoms. The molecule has 0 saturated carbocycles. The molecule has 0 radical (unpaired) electrons. The molecular formula is C24H34N4O3. The highest BCUT2D eigenvalue weighted by Gasteiger charge is 2.21. The molecule has 0 spiro atoms. The molecule has 7 nitrogen and oxygen atoms in total. The summed E-state index contributed by atoms with van der Waals surface area (Å²) >= 11 is 0. The van der Waals surface area contributed by atoms with E-state index in [1.54, 1.807) is 14.2 Å². The molecule has 3 N–H and O–H groups in total. The third-order valence-electron chi connectivity index (χ3n) is 5.45. The summed E-state index contributed by atoms with van der Waals surface area (Å²) < 4.78 is 10.5. The van der Waals surface area contributed by atoms with Crippen LogP contribution in [0, 0.1) is 0 Å². The van der Waals surface area contributed by atoms with Crippen LogP contribution in [0.2, 0.25) is 0 Å². The molecule has 7 heteroatoms. The van der Waals surface area contributed by atoms with Gasteiger partial charge in [-0.25, -0.2) is 0 Å². The van der Waals surface area contributed by atoms with Crippen molar-refractivity contribution in [3.8, 4) is 11.5 Å². The van der Waals surface area contributed by atoms with Gasteiger partial charge < -0.3 is 30.1 Å². The highest BCUT2D eigenvalue weighted by molar-refractivity contribution is 5.80. The van der Waals surface area contributed by atoms with Gasteiger partial charge in [0.2, 0.25) is 0 Å². The molecule has 0 aliphatic carbocycles. The van der Waals surface area contributed by atoms with Gasteiger partial charge in [-0.1, -0.05) is 18.2 Å². The average molecular weight is 427 g/mol. The van der Waals surface area contributed by atoms with Gasteiger partial charge >= 0.3 is 0 Å². The Labute approximate surface area is 185 Å². The van der Waals surface area contributed by atoms with Gasteiger partial charge in [-0.15, -0.1) is 0 Å². The minimum Gasteiger partial charge on any atom is -0.497 e. The summed E-state index contributed by atoms with van der Waals surface area (Å²) in [5.41, 5.74) is 1.99. The number of hydrogen-bond donors (Lipinski definition) is 3. The normalized spacial score (nSPS) is 17.7. The van der Waals surface area contributed by atoms with Gasteiger partial charge in [0.25, 0.3) is 0 Å². The molecule has 1 fully saturated rings. The SMILES string of the molecule is CCNC(=NCC(O)c1ccc(OC)cc1)NC1CCCN(c2cccc(OC)c2)C1. The number of aliphatic imine (C=N–C) groups is 1. The summed E-state index contributed by atoms with van der Waals surface area (Å²) in [5.74, 6) is 2.37. The first kappa shape index (κ1) is 22.7. The fourth-order valence-corrected chi connectivity index (χ4v) is 3.76. The Morgan fingerprint density at radius 2 is 1.94 bits per heavy atom. The zero-order valence-electron chi connectivity index (χ0n) is 18.7. The van der Waals surface area contributed by atoms with Crippen molar-refractivity contribution in [3.63, 3.8) is 0 Å². The van der Waals surface area contributed by atoms with E-state index in [9.17, 15) is 5.11 Å². The van der Waals surface area contributed by atoms with Crippen molar-refractivity contribution in [2.24, 2.45) is 4.99 Å². The van der Waals surface area contributed by atoms with E-state index in [1.807, 2.05) is 43.3 Å². The lowest BCUT2D eigenvalue weighted by Gasteiger charge is -2.35. The molecule has 1 saturated heterocycles. The van der Waals surface area contributed by atoms with Crippen molar-refractivity contribution in [3.05, 3.63) is 54.1 Å². The summed E-state index contributed by atoms with van der Waals surface area (Å²) in [4.78, 5) is 7.00. The molecule has 2 aromatic carbocycles. The second-order valence-corrected chi connectivity index (χ2v) is 7.64. The fourth-order valence-electron chi connectivity index (χ4n) is 3.76. The maximum Gasteiger partial charge on any atom is 0.191 e. The first-order valence-electron chi connectivity index (χ1n) is 10.9. The first-order valence-corrected chi connectivity index (χ1v) is 10.9. The van der Waals surface area contributed by atoms with Crippen LogP contribution >= 0.6 is 0 Å². The van der Waals surface area contributed by atoms with E-state index in [1.165, 1.54) is 5.69 Å². The first-order chi connectivity index (χ1) is 15.1. The molecule has 2 unspecified atom stereocenters. The van der Waals surface area contributed by atoms with Crippen LogP contribution in [0.3, 0.4) is 0 Å². The van der Waals surface area contributed by atoms with Gasteiger partial charge in [-0.2, -0.15) is 0 Å². The third kappa shape index (κ3) is 6.52. The Kier molecular flexibility index (Phi) is 8.41. The second kappa shape index (κ2) is 11.5. The molecule has 3 rings (SSSR count). The number of guanidine groups is 1. The highest BCUT2D eigenvalue weighted by atomic mass is 16.5. The fraction of sp³-hybridized carbons (Fsp3) is 0.458. The lowest BCUT2D eigenvalue weighted by Crippen LogP contribution is -2.51. The number of rotatable bonds is 8. The van der Waals surface area contributed by atoms with Gasteiger partial charge in [-0.05, 0) is 49.6 Å². The maximum absolute atomic E-state index is 10.5. The van der Waals surface area contributed by atoms with Crippen molar-refractivity contribution in [2.45, 2.75) is 31.9 Å². The van der Waals surface area contributed by atoms with Crippen LogP contribution in [0.15, 0.2) is 53.5 Å². The molecule has 1 heterocycles. The van der Waals surface area contributed by atoms with E-state index >= 15 is 0 Å². The van der Waals surface area contributed by atoms with Crippen LogP contribution in [0.4, 0.5) is 5.69 Å². The minimum absolute atomic E-state index is 0.274. The van der Waals surface area contributed by atoms with Crippen molar-refractivity contribution in [2.75, 3.05) is 45.3 Å². The molecule has 168 valence electrons. The summed E-state index contributed by atoms with van der Waals surface area (Å²) in [6.45, 7) is 5.00. The summed E-state index contributed by atoms with van der Waals surface area (Å²) in [5, 5.41) is 17.4. The number of hydrogen-bond acceptors (Lipinski definition) is 5. The van der Waals surface area contributed by atoms with Crippen LogP contribution < -0.4 is 25.0 Å². The largest absolute Gasteiger partial charge is 0.497 e. The number of nitrogens with one attached hydrogen (secondary N) is 2. The molecule has 31 heavy (non-hydrogen) atoms. The lowest BCUT2D eigenvalue weighted by molar-refractivity contribution is 0.187. The quantitative estimate of drug-likeness (QED) is 0.445. The minimum atomic E-state index is -0.666. The maximum atomic E-state index is 10.5. The lowest BCUT2D eigenvalue weighted by atomic mass is 10.0. The van der Waals surface area contributed by atoms with E-state index in [2.05, 4.69) is 32.7 Å². The Hall–Kier alpha value is -2.93. The summed E-state index contributed by atoms with van der Waals surface area (Å²) in [6.07, 6.45) is 1.51.